The third kappa shape index (κ3) is 6.90. The summed E-state index contributed by atoms with van der Waals surface area (Å²) in [6.45, 7) is 9.33. The number of amides is 2. The molecule has 6 rings (SSSR count). The summed E-state index contributed by atoms with van der Waals surface area (Å²) >= 11 is 0. The number of hydroxylamine groups is 1. The van der Waals surface area contributed by atoms with Crippen LogP contribution in [0.25, 0.3) is 5.65 Å². The fraction of sp³-hybridized carbons (Fsp3) is 0.500. The summed E-state index contributed by atoms with van der Waals surface area (Å²) < 4.78 is 10.2. The fourth-order valence-corrected chi connectivity index (χ4v) is 6.63. The Hall–Kier alpha value is -4.65. The Morgan fingerprint density at radius 2 is 1.79 bits per heavy atom. The predicted octanol–water partition coefficient (Wildman–Crippen LogP) is 4.80. The van der Waals surface area contributed by atoms with Gasteiger partial charge in [0.2, 0.25) is 5.95 Å². The van der Waals surface area contributed by atoms with Gasteiger partial charge in [0.05, 0.1) is 17.9 Å². The summed E-state index contributed by atoms with van der Waals surface area (Å²) in [6.07, 6.45) is 5.30. The second kappa shape index (κ2) is 13.2. The Morgan fingerprint density at radius 3 is 2.47 bits per heavy atom. The normalized spacial score (nSPS) is 18.7. The molecular formula is C34H45N9O4. The summed E-state index contributed by atoms with van der Waals surface area (Å²) in [7, 11) is 5.97. The number of piperidine rings is 1. The van der Waals surface area contributed by atoms with Crippen LogP contribution >= 0.6 is 0 Å². The van der Waals surface area contributed by atoms with Crippen molar-refractivity contribution in [2.75, 3.05) is 43.7 Å². The number of fused-ring (bicyclic) bond motifs is 2. The van der Waals surface area contributed by atoms with E-state index in [0.29, 0.717) is 24.6 Å². The maximum atomic E-state index is 13.6. The van der Waals surface area contributed by atoms with Crippen LogP contribution < -0.4 is 20.0 Å². The zero-order valence-corrected chi connectivity index (χ0v) is 28.1. The lowest BCUT2D eigenvalue weighted by Crippen LogP contribution is -2.43. The average Bonchev–Trinajstić information content (AvgIpc) is 3.64. The topological polar surface area (TPSA) is 122 Å². The van der Waals surface area contributed by atoms with Gasteiger partial charge in [-0.05, 0) is 69.0 Å². The van der Waals surface area contributed by atoms with E-state index in [2.05, 4.69) is 44.5 Å². The lowest BCUT2D eigenvalue weighted by Gasteiger charge is -2.33. The first-order valence-electron chi connectivity index (χ1n) is 16.3. The highest BCUT2D eigenvalue weighted by atomic mass is 16.7. The second-order valence-electron chi connectivity index (χ2n) is 13.9. The van der Waals surface area contributed by atoms with E-state index in [0.717, 1.165) is 71.7 Å². The number of ether oxygens (including phenoxy) is 1. The summed E-state index contributed by atoms with van der Waals surface area (Å²) in [5, 5.41) is 17.5. The Bertz CT molecular complexity index is 1720. The Morgan fingerprint density at radius 1 is 1.04 bits per heavy atom. The van der Waals surface area contributed by atoms with Crippen LogP contribution in [0.4, 0.5) is 16.6 Å². The van der Waals surface area contributed by atoms with Gasteiger partial charge in [0, 0.05) is 38.2 Å². The highest BCUT2D eigenvalue weighted by Crippen LogP contribution is 2.39. The van der Waals surface area contributed by atoms with E-state index < -0.39 is 6.03 Å². The van der Waals surface area contributed by atoms with Gasteiger partial charge in [0.1, 0.15) is 11.9 Å². The minimum atomic E-state index is -0.559. The van der Waals surface area contributed by atoms with E-state index in [1.807, 2.05) is 67.8 Å². The minimum Gasteiger partial charge on any atom is -0.484 e. The zero-order valence-electron chi connectivity index (χ0n) is 28.1. The van der Waals surface area contributed by atoms with E-state index in [9.17, 15) is 9.59 Å². The first kappa shape index (κ1) is 32.3. The van der Waals surface area contributed by atoms with E-state index >= 15 is 0 Å². The molecule has 1 aliphatic carbocycles. The van der Waals surface area contributed by atoms with Crippen molar-refractivity contribution in [2.24, 2.45) is 13.0 Å². The van der Waals surface area contributed by atoms with Crippen LogP contribution in [0.5, 0.6) is 5.75 Å². The Labute approximate surface area is 275 Å². The molecule has 0 radical (unpaired) electrons. The number of nitrogens with zero attached hydrogens (tertiary/aromatic N) is 8. The SMILES string of the molecule is CN(C)CC1CCN(c2nnc3ccc(O[C@@H]4CC[C@H](NC(=O)N(OC=O)c5cc(C(C)(C)C)nn5C)c5ccccc54)cn23)CC1. The third-order valence-corrected chi connectivity index (χ3v) is 9.05. The minimum absolute atomic E-state index is 0.216. The molecule has 13 nitrogen and oxygen atoms in total. The van der Waals surface area contributed by atoms with Crippen LogP contribution in [0.1, 0.15) is 75.4 Å². The molecule has 2 aliphatic rings. The molecule has 1 N–H and O–H groups in total. The van der Waals surface area contributed by atoms with Crippen LogP contribution in [-0.2, 0) is 22.1 Å². The quantitative estimate of drug-likeness (QED) is 0.203. The molecule has 250 valence electrons. The maximum Gasteiger partial charge on any atom is 0.357 e. The predicted molar refractivity (Wildman–Crippen MR) is 178 cm³/mol. The number of hydrogen-bond donors (Lipinski definition) is 1. The molecular weight excluding hydrogens is 598 g/mol. The molecule has 4 heterocycles. The van der Waals surface area contributed by atoms with Crippen molar-refractivity contribution in [3.05, 3.63) is 65.5 Å². The van der Waals surface area contributed by atoms with Gasteiger partial charge in [-0.15, -0.1) is 15.3 Å². The summed E-state index contributed by atoms with van der Waals surface area (Å²) in [5.41, 5.74) is 3.25. The van der Waals surface area contributed by atoms with E-state index in [1.165, 1.54) is 4.68 Å². The number of aryl methyl sites for hydroxylation is 1. The molecule has 1 aliphatic heterocycles. The van der Waals surface area contributed by atoms with Gasteiger partial charge in [-0.2, -0.15) is 5.10 Å². The number of aromatic nitrogens is 5. The molecule has 1 fully saturated rings. The molecule has 13 heteroatoms. The van der Waals surface area contributed by atoms with Crippen LogP contribution in [0.2, 0.25) is 0 Å². The number of benzene rings is 1. The summed E-state index contributed by atoms with van der Waals surface area (Å²) in [4.78, 5) is 34.7. The number of nitrogens with one attached hydrogen (secondary N) is 1. The molecule has 2 amide bonds. The van der Waals surface area contributed by atoms with Gasteiger partial charge in [0.15, 0.2) is 11.5 Å². The average molecular weight is 644 g/mol. The summed E-state index contributed by atoms with van der Waals surface area (Å²) in [6, 6.07) is 12.7. The van der Waals surface area contributed by atoms with Gasteiger partial charge < -0.3 is 24.7 Å². The molecule has 0 saturated carbocycles. The molecule has 0 spiro atoms. The van der Waals surface area contributed by atoms with Crippen LogP contribution in [-0.4, -0.2) is 75.5 Å². The molecule has 1 saturated heterocycles. The molecule has 3 aromatic heterocycles. The molecule has 47 heavy (non-hydrogen) atoms. The first-order valence-corrected chi connectivity index (χ1v) is 16.3. The number of hydrogen-bond acceptors (Lipinski definition) is 9. The van der Waals surface area contributed by atoms with Crippen molar-refractivity contribution in [1.29, 1.82) is 0 Å². The number of carbonyl (C=O) groups excluding carboxylic acids is 2. The summed E-state index contributed by atoms with van der Waals surface area (Å²) in [5.74, 6) is 2.60. The zero-order chi connectivity index (χ0) is 33.3. The van der Waals surface area contributed by atoms with Crippen LogP contribution in [0, 0.1) is 5.92 Å². The third-order valence-electron chi connectivity index (χ3n) is 9.05. The first-order chi connectivity index (χ1) is 22.5. The lowest BCUT2D eigenvalue weighted by molar-refractivity contribution is -0.129. The van der Waals surface area contributed by atoms with Crippen LogP contribution in [0.3, 0.4) is 0 Å². The van der Waals surface area contributed by atoms with Gasteiger partial charge in [-0.3, -0.25) is 9.20 Å². The van der Waals surface area contributed by atoms with Gasteiger partial charge in [-0.1, -0.05) is 45.0 Å². The number of pyridine rings is 1. The molecule has 0 unspecified atom stereocenters. The Kier molecular flexibility index (Phi) is 9.09. The van der Waals surface area contributed by atoms with Crippen LogP contribution in [0.15, 0.2) is 48.7 Å². The number of urea groups is 1. The van der Waals surface area contributed by atoms with Crippen molar-refractivity contribution in [2.45, 2.75) is 64.0 Å². The van der Waals surface area contributed by atoms with Crippen molar-refractivity contribution >= 4 is 29.9 Å². The molecule has 2 atom stereocenters. The maximum absolute atomic E-state index is 13.6. The molecule has 0 bridgehead atoms. The molecule has 4 aromatic rings. The van der Waals surface area contributed by atoms with E-state index in [4.69, 9.17) is 9.57 Å². The lowest BCUT2D eigenvalue weighted by atomic mass is 9.85. The van der Waals surface area contributed by atoms with Gasteiger partial charge >= 0.3 is 12.5 Å². The van der Waals surface area contributed by atoms with Crippen molar-refractivity contribution in [3.8, 4) is 5.75 Å². The monoisotopic (exact) mass is 643 g/mol. The van der Waals surface area contributed by atoms with E-state index in [-0.39, 0.29) is 24.0 Å². The highest BCUT2D eigenvalue weighted by molar-refractivity contribution is 5.90. The fourth-order valence-electron chi connectivity index (χ4n) is 6.63. The number of anilines is 2. The number of rotatable bonds is 9. The smallest absolute Gasteiger partial charge is 0.357 e. The standard InChI is InChI=1S/C34H45N9O4/c1-34(2,3)29-19-31(40(6)38-29)43(46-22-44)33(45)35-27-12-13-28(26-10-8-7-9-25(26)27)47-24-11-14-30-36-37-32(42(30)21-24)41-17-15-23(16-18-41)20-39(4)5/h7-11,14,19,21-23,27-28H,12-13,15-18,20H2,1-6H3,(H,35,45)/t27-,28+/m0/s1. The van der Waals surface area contributed by atoms with Crippen molar-refractivity contribution in [3.63, 3.8) is 0 Å². The highest BCUT2D eigenvalue weighted by Gasteiger charge is 2.33. The van der Waals surface area contributed by atoms with Crippen molar-refractivity contribution in [1.82, 2.24) is 34.6 Å². The van der Waals surface area contributed by atoms with Crippen molar-refractivity contribution < 1.29 is 19.2 Å². The van der Waals surface area contributed by atoms with E-state index in [1.54, 1.807) is 13.1 Å². The Balaban J connectivity index is 1.17. The second-order valence-corrected chi connectivity index (χ2v) is 13.9. The van der Waals surface area contributed by atoms with Gasteiger partial charge in [0.25, 0.3) is 0 Å². The number of carbonyl (C=O) groups is 2. The largest absolute Gasteiger partial charge is 0.484 e. The van der Waals surface area contributed by atoms with Gasteiger partial charge in [-0.25, -0.2) is 9.48 Å². The molecule has 1 aromatic carbocycles.